The Morgan fingerprint density at radius 2 is 1.65 bits per heavy atom. The molecule has 2 aromatic rings. The summed E-state index contributed by atoms with van der Waals surface area (Å²) >= 11 is 0. The van der Waals surface area contributed by atoms with Crippen molar-refractivity contribution in [1.82, 2.24) is 9.97 Å². The van der Waals surface area contributed by atoms with E-state index in [2.05, 4.69) is 27.4 Å². The minimum atomic E-state index is -0.169. The first-order valence-corrected chi connectivity index (χ1v) is 6.58. The summed E-state index contributed by atoms with van der Waals surface area (Å²) in [5.74, 6) is 0.499. The van der Waals surface area contributed by atoms with Crippen LogP contribution in [0, 0.1) is 34.6 Å². The van der Waals surface area contributed by atoms with E-state index in [0.29, 0.717) is 17.1 Å². The zero-order valence-electron chi connectivity index (χ0n) is 12.5. The average molecular weight is 269 g/mol. The van der Waals surface area contributed by atoms with Gasteiger partial charge >= 0.3 is 0 Å². The van der Waals surface area contributed by atoms with Gasteiger partial charge < -0.3 is 5.32 Å². The first kappa shape index (κ1) is 14.2. The molecule has 1 aromatic heterocycles. The van der Waals surface area contributed by atoms with E-state index in [-0.39, 0.29) is 5.91 Å². The number of rotatable bonds is 2. The van der Waals surface area contributed by atoms with Gasteiger partial charge in [-0.2, -0.15) is 0 Å². The van der Waals surface area contributed by atoms with Crippen molar-refractivity contribution in [3.05, 3.63) is 52.1 Å². The molecule has 0 bridgehead atoms. The zero-order chi connectivity index (χ0) is 14.9. The van der Waals surface area contributed by atoms with Gasteiger partial charge in [0.1, 0.15) is 5.82 Å². The van der Waals surface area contributed by atoms with E-state index in [4.69, 9.17) is 0 Å². The Labute approximate surface area is 119 Å². The van der Waals surface area contributed by atoms with Crippen LogP contribution in [0.2, 0.25) is 0 Å². The topological polar surface area (TPSA) is 54.9 Å². The molecule has 0 aliphatic heterocycles. The number of carbonyl (C=O) groups excluding carboxylic acids is 1. The molecule has 0 saturated heterocycles. The molecule has 0 atom stereocenters. The minimum absolute atomic E-state index is 0.169. The van der Waals surface area contributed by atoms with Gasteiger partial charge in [0.2, 0.25) is 0 Å². The lowest BCUT2D eigenvalue weighted by Gasteiger charge is -2.13. The maximum Gasteiger partial charge on any atom is 0.259 e. The van der Waals surface area contributed by atoms with Crippen LogP contribution in [0.15, 0.2) is 18.3 Å². The van der Waals surface area contributed by atoms with Gasteiger partial charge in [-0.1, -0.05) is 17.7 Å². The number of aromatic nitrogens is 2. The van der Waals surface area contributed by atoms with E-state index in [9.17, 15) is 4.79 Å². The molecular formula is C16H19N3O. The number of hydrogen-bond donors (Lipinski definition) is 1. The van der Waals surface area contributed by atoms with Crippen molar-refractivity contribution >= 4 is 11.6 Å². The smallest absolute Gasteiger partial charge is 0.259 e. The molecule has 1 heterocycles. The summed E-state index contributed by atoms with van der Waals surface area (Å²) < 4.78 is 0. The van der Waals surface area contributed by atoms with Crippen molar-refractivity contribution in [2.75, 3.05) is 5.32 Å². The van der Waals surface area contributed by atoms with Crippen molar-refractivity contribution in [2.45, 2.75) is 34.6 Å². The Balaban J connectivity index is 2.33. The van der Waals surface area contributed by atoms with Gasteiger partial charge in [0.05, 0.1) is 11.3 Å². The summed E-state index contributed by atoms with van der Waals surface area (Å²) in [5, 5.41) is 2.96. The summed E-state index contributed by atoms with van der Waals surface area (Å²) in [7, 11) is 0. The van der Waals surface area contributed by atoms with E-state index in [0.717, 1.165) is 16.8 Å². The van der Waals surface area contributed by atoms with Gasteiger partial charge in [-0.3, -0.25) is 4.79 Å². The van der Waals surface area contributed by atoms with Gasteiger partial charge in [0, 0.05) is 11.9 Å². The maximum atomic E-state index is 12.3. The molecule has 4 heteroatoms. The molecule has 104 valence electrons. The first-order chi connectivity index (χ1) is 9.38. The second kappa shape index (κ2) is 5.41. The SMILES string of the molecule is Cc1cc(C)c(NC(=O)c2cnc(C)nc2C)c(C)c1. The molecule has 20 heavy (non-hydrogen) atoms. The molecule has 4 nitrogen and oxygen atoms in total. The highest BCUT2D eigenvalue weighted by molar-refractivity contribution is 6.05. The lowest BCUT2D eigenvalue weighted by atomic mass is 10.0. The quantitative estimate of drug-likeness (QED) is 0.910. The van der Waals surface area contributed by atoms with Crippen LogP contribution in [0.5, 0.6) is 0 Å². The fourth-order valence-electron chi connectivity index (χ4n) is 2.36. The monoisotopic (exact) mass is 269 g/mol. The Hall–Kier alpha value is -2.23. The predicted octanol–water partition coefficient (Wildman–Crippen LogP) is 3.27. The Bertz CT molecular complexity index is 654. The summed E-state index contributed by atoms with van der Waals surface area (Å²) in [4.78, 5) is 20.7. The van der Waals surface area contributed by atoms with Crippen LogP contribution >= 0.6 is 0 Å². The van der Waals surface area contributed by atoms with Crippen LogP contribution in [0.25, 0.3) is 0 Å². The van der Waals surface area contributed by atoms with Crippen LogP contribution in [0.1, 0.15) is 38.6 Å². The third-order valence-corrected chi connectivity index (χ3v) is 3.26. The van der Waals surface area contributed by atoms with Crippen LogP contribution in [0.3, 0.4) is 0 Å². The fourth-order valence-corrected chi connectivity index (χ4v) is 2.36. The highest BCUT2D eigenvalue weighted by atomic mass is 16.1. The number of benzene rings is 1. The van der Waals surface area contributed by atoms with Crippen LogP contribution in [0.4, 0.5) is 5.69 Å². The van der Waals surface area contributed by atoms with Gasteiger partial charge in [-0.25, -0.2) is 9.97 Å². The normalized spacial score (nSPS) is 10.4. The highest BCUT2D eigenvalue weighted by Gasteiger charge is 2.13. The molecule has 0 aliphatic carbocycles. The van der Waals surface area contributed by atoms with E-state index in [1.165, 1.54) is 5.56 Å². The van der Waals surface area contributed by atoms with Crippen LogP contribution in [-0.4, -0.2) is 15.9 Å². The number of aryl methyl sites for hydroxylation is 5. The third-order valence-electron chi connectivity index (χ3n) is 3.26. The van der Waals surface area contributed by atoms with Gasteiger partial charge in [-0.05, 0) is 45.7 Å². The standard InChI is InChI=1S/C16H19N3O/c1-9-6-10(2)15(11(3)7-9)19-16(20)14-8-17-13(5)18-12(14)4/h6-8H,1-5H3,(H,19,20). The van der Waals surface area contributed by atoms with Crippen LogP contribution in [-0.2, 0) is 0 Å². The molecule has 0 aliphatic rings. The third kappa shape index (κ3) is 2.85. The second-order valence-corrected chi connectivity index (χ2v) is 5.14. The average Bonchev–Trinajstić information content (AvgIpc) is 2.33. The maximum absolute atomic E-state index is 12.3. The molecule has 2 rings (SSSR count). The number of nitrogens with zero attached hydrogens (tertiary/aromatic N) is 2. The number of anilines is 1. The molecule has 0 fully saturated rings. The molecule has 0 radical (unpaired) electrons. The molecule has 0 spiro atoms. The van der Waals surface area contributed by atoms with Crippen molar-refractivity contribution in [1.29, 1.82) is 0 Å². The van der Waals surface area contributed by atoms with Gasteiger partial charge in [-0.15, -0.1) is 0 Å². The summed E-state index contributed by atoms with van der Waals surface area (Å²) in [5.41, 5.74) is 5.36. The predicted molar refractivity (Wildman–Crippen MR) is 80.1 cm³/mol. The largest absolute Gasteiger partial charge is 0.321 e. The molecule has 1 N–H and O–H groups in total. The van der Waals surface area contributed by atoms with E-state index in [1.54, 1.807) is 6.20 Å². The van der Waals surface area contributed by atoms with E-state index >= 15 is 0 Å². The van der Waals surface area contributed by atoms with Crippen molar-refractivity contribution in [3.63, 3.8) is 0 Å². The first-order valence-electron chi connectivity index (χ1n) is 6.58. The minimum Gasteiger partial charge on any atom is -0.321 e. The Kier molecular flexibility index (Phi) is 3.84. The summed E-state index contributed by atoms with van der Waals surface area (Å²) in [6, 6.07) is 4.11. The Morgan fingerprint density at radius 1 is 1.05 bits per heavy atom. The lowest BCUT2D eigenvalue weighted by Crippen LogP contribution is -2.16. The number of hydrogen-bond acceptors (Lipinski definition) is 3. The second-order valence-electron chi connectivity index (χ2n) is 5.14. The van der Waals surface area contributed by atoms with Gasteiger partial charge in [0.15, 0.2) is 0 Å². The van der Waals surface area contributed by atoms with Crippen molar-refractivity contribution in [2.24, 2.45) is 0 Å². The molecule has 1 aromatic carbocycles. The fraction of sp³-hybridized carbons (Fsp3) is 0.312. The molecule has 1 amide bonds. The van der Waals surface area contributed by atoms with E-state index < -0.39 is 0 Å². The molecular weight excluding hydrogens is 250 g/mol. The zero-order valence-corrected chi connectivity index (χ0v) is 12.5. The summed E-state index contributed by atoms with van der Waals surface area (Å²) in [6.45, 7) is 9.66. The van der Waals surface area contributed by atoms with Crippen molar-refractivity contribution < 1.29 is 4.79 Å². The van der Waals surface area contributed by atoms with E-state index in [1.807, 2.05) is 34.6 Å². The number of carbonyl (C=O) groups is 1. The lowest BCUT2D eigenvalue weighted by molar-refractivity contribution is 0.102. The Morgan fingerprint density at radius 3 is 2.20 bits per heavy atom. The molecule has 0 saturated carbocycles. The number of amides is 1. The summed E-state index contributed by atoms with van der Waals surface area (Å²) in [6.07, 6.45) is 1.58. The van der Waals surface area contributed by atoms with Gasteiger partial charge in [0.25, 0.3) is 5.91 Å². The number of nitrogens with one attached hydrogen (secondary N) is 1. The van der Waals surface area contributed by atoms with Crippen LogP contribution < -0.4 is 5.32 Å². The highest BCUT2D eigenvalue weighted by Crippen LogP contribution is 2.22. The van der Waals surface area contributed by atoms with Crippen molar-refractivity contribution in [3.8, 4) is 0 Å². The molecule has 0 unspecified atom stereocenters.